The van der Waals surface area contributed by atoms with Gasteiger partial charge in [-0.1, -0.05) is 26.0 Å². The first-order valence-corrected chi connectivity index (χ1v) is 9.05. The Hall–Kier alpha value is -0.480. The second kappa shape index (κ2) is 9.52. The van der Waals surface area contributed by atoms with Crippen LogP contribution in [0.2, 0.25) is 0 Å². The number of aliphatic hydroxyl groups is 1. The van der Waals surface area contributed by atoms with Gasteiger partial charge in [0, 0.05) is 17.1 Å². The number of esters is 1. The van der Waals surface area contributed by atoms with Crippen molar-refractivity contribution in [3.05, 3.63) is 12.2 Å². The van der Waals surface area contributed by atoms with Crippen molar-refractivity contribution in [3.63, 3.8) is 0 Å². The molecular formula is C17H30O3S. The summed E-state index contributed by atoms with van der Waals surface area (Å²) >= 11 is 1.86. The summed E-state index contributed by atoms with van der Waals surface area (Å²) in [6, 6.07) is 0. The molecule has 4 heteroatoms. The Bertz CT molecular complexity index is 341. The van der Waals surface area contributed by atoms with Gasteiger partial charge in [-0.2, -0.15) is 11.8 Å². The van der Waals surface area contributed by atoms with E-state index >= 15 is 0 Å². The molecule has 0 aromatic rings. The molecule has 1 aliphatic rings. The van der Waals surface area contributed by atoms with Gasteiger partial charge in [-0.15, -0.1) is 0 Å². The quantitative estimate of drug-likeness (QED) is 0.399. The molecule has 0 heterocycles. The molecule has 2 atom stereocenters. The van der Waals surface area contributed by atoms with E-state index in [4.69, 9.17) is 9.84 Å². The summed E-state index contributed by atoms with van der Waals surface area (Å²) in [6.45, 7) is 7.40. The number of aliphatic hydroxyl groups excluding tert-OH is 1. The zero-order chi connectivity index (χ0) is 15.7. The largest absolute Gasteiger partial charge is 0.466 e. The Morgan fingerprint density at radius 2 is 2.24 bits per heavy atom. The SMILES string of the molecule is CC(C)C1C=CC(C)(SCCC(=O)OCCCCO)CC1. The first-order valence-electron chi connectivity index (χ1n) is 8.06. The third-order valence-electron chi connectivity index (χ3n) is 4.08. The lowest BCUT2D eigenvalue weighted by Crippen LogP contribution is -2.25. The second-order valence-electron chi connectivity index (χ2n) is 6.37. The van der Waals surface area contributed by atoms with E-state index in [-0.39, 0.29) is 17.3 Å². The minimum atomic E-state index is -0.121. The number of unbranched alkanes of at least 4 members (excludes halogenated alkanes) is 1. The van der Waals surface area contributed by atoms with Gasteiger partial charge in [0.25, 0.3) is 0 Å². The van der Waals surface area contributed by atoms with Crippen LogP contribution in [0.1, 0.15) is 52.9 Å². The van der Waals surface area contributed by atoms with E-state index in [1.165, 1.54) is 12.8 Å². The first kappa shape index (κ1) is 18.6. The predicted octanol–water partition coefficient (Wildman–Crippen LogP) is 3.81. The monoisotopic (exact) mass is 314 g/mol. The van der Waals surface area contributed by atoms with Crippen LogP contribution in [0.3, 0.4) is 0 Å². The van der Waals surface area contributed by atoms with Gasteiger partial charge in [0.2, 0.25) is 0 Å². The van der Waals surface area contributed by atoms with Crippen molar-refractivity contribution >= 4 is 17.7 Å². The Balaban J connectivity index is 2.20. The van der Waals surface area contributed by atoms with E-state index < -0.39 is 0 Å². The third kappa shape index (κ3) is 7.37. The average Bonchev–Trinajstić information content (AvgIpc) is 2.44. The summed E-state index contributed by atoms with van der Waals surface area (Å²) < 4.78 is 5.30. The molecule has 122 valence electrons. The lowest BCUT2D eigenvalue weighted by molar-refractivity contribution is -0.143. The third-order valence-corrected chi connectivity index (χ3v) is 5.49. The molecule has 0 radical (unpaired) electrons. The van der Waals surface area contributed by atoms with Crippen molar-refractivity contribution in [2.24, 2.45) is 11.8 Å². The van der Waals surface area contributed by atoms with E-state index in [2.05, 4.69) is 32.9 Å². The summed E-state index contributed by atoms with van der Waals surface area (Å²) in [7, 11) is 0. The molecule has 0 saturated heterocycles. The molecule has 0 aromatic heterocycles. The number of ether oxygens (including phenoxy) is 1. The summed E-state index contributed by atoms with van der Waals surface area (Å²) in [6.07, 6.45) is 9.02. The normalized spacial score (nSPS) is 25.3. The lowest BCUT2D eigenvalue weighted by atomic mass is 9.83. The number of rotatable bonds is 9. The van der Waals surface area contributed by atoms with Crippen LogP contribution in [0.4, 0.5) is 0 Å². The minimum Gasteiger partial charge on any atom is -0.466 e. The standard InChI is InChI=1S/C17H30O3S/c1-14(2)15-6-9-17(3,10-7-15)21-13-8-16(19)20-12-5-4-11-18/h6,9,14-15,18H,4-5,7-8,10-13H2,1-3H3. The van der Waals surface area contributed by atoms with Crippen molar-refractivity contribution in [1.82, 2.24) is 0 Å². The maximum absolute atomic E-state index is 11.6. The molecule has 0 bridgehead atoms. The highest BCUT2D eigenvalue weighted by molar-refractivity contribution is 8.00. The topological polar surface area (TPSA) is 46.5 Å². The molecule has 0 fully saturated rings. The molecule has 1 aliphatic carbocycles. The minimum absolute atomic E-state index is 0.121. The highest BCUT2D eigenvalue weighted by Gasteiger charge is 2.28. The Labute approximate surface area is 133 Å². The van der Waals surface area contributed by atoms with Crippen molar-refractivity contribution < 1.29 is 14.6 Å². The molecule has 1 N–H and O–H groups in total. The molecule has 1 rings (SSSR count). The fraction of sp³-hybridized carbons (Fsp3) is 0.824. The predicted molar refractivity (Wildman–Crippen MR) is 89.5 cm³/mol. The zero-order valence-electron chi connectivity index (χ0n) is 13.6. The smallest absolute Gasteiger partial charge is 0.306 e. The molecule has 0 spiro atoms. The van der Waals surface area contributed by atoms with Crippen molar-refractivity contribution in [1.29, 1.82) is 0 Å². The van der Waals surface area contributed by atoms with Gasteiger partial charge >= 0.3 is 5.97 Å². The molecular weight excluding hydrogens is 284 g/mol. The fourth-order valence-corrected chi connectivity index (χ4v) is 3.65. The van der Waals surface area contributed by atoms with Crippen LogP contribution in [0.15, 0.2) is 12.2 Å². The molecule has 3 nitrogen and oxygen atoms in total. The van der Waals surface area contributed by atoms with Gasteiger partial charge in [0.15, 0.2) is 0 Å². The number of carbonyl (C=O) groups excluding carboxylic acids is 1. The van der Waals surface area contributed by atoms with Gasteiger partial charge in [-0.05, 0) is 44.4 Å². The van der Waals surface area contributed by atoms with Crippen LogP contribution >= 0.6 is 11.8 Å². The highest BCUT2D eigenvalue weighted by Crippen LogP contribution is 2.39. The molecule has 0 saturated carbocycles. The number of carbonyl (C=O) groups is 1. The van der Waals surface area contributed by atoms with Gasteiger partial charge in [0.1, 0.15) is 0 Å². The maximum Gasteiger partial charge on any atom is 0.306 e. The van der Waals surface area contributed by atoms with Gasteiger partial charge < -0.3 is 9.84 Å². The number of hydrogen-bond donors (Lipinski definition) is 1. The fourth-order valence-electron chi connectivity index (χ4n) is 2.48. The van der Waals surface area contributed by atoms with Gasteiger partial charge in [-0.3, -0.25) is 4.79 Å². The van der Waals surface area contributed by atoms with Crippen molar-refractivity contribution in [3.8, 4) is 0 Å². The second-order valence-corrected chi connectivity index (χ2v) is 8.00. The Morgan fingerprint density at radius 1 is 1.48 bits per heavy atom. The molecule has 2 unspecified atom stereocenters. The first-order chi connectivity index (χ1) is 9.97. The van der Waals surface area contributed by atoms with Crippen LogP contribution < -0.4 is 0 Å². The molecule has 0 aliphatic heterocycles. The summed E-state index contributed by atoms with van der Waals surface area (Å²) in [5.41, 5.74) is 0. The van der Waals surface area contributed by atoms with Crippen LogP contribution in [0, 0.1) is 11.8 Å². The molecule has 0 amide bonds. The van der Waals surface area contributed by atoms with E-state index in [1.54, 1.807) is 0 Å². The van der Waals surface area contributed by atoms with E-state index in [0.717, 1.165) is 12.2 Å². The highest BCUT2D eigenvalue weighted by atomic mass is 32.2. The molecule has 0 aromatic carbocycles. The summed E-state index contributed by atoms with van der Waals surface area (Å²) in [5, 5.41) is 8.65. The summed E-state index contributed by atoms with van der Waals surface area (Å²) in [5.74, 6) is 2.11. The van der Waals surface area contributed by atoms with Gasteiger partial charge in [-0.25, -0.2) is 0 Å². The average molecular weight is 314 g/mol. The van der Waals surface area contributed by atoms with Crippen LogP contribution in [0.25, 0.3) is 0 Å². The van der Waals surface area contributed by atoms with Crippen LogP contribution in [-0.2, 0) is 9.53 Å². The number of thioether (sulfide) groups is 1. The van der Waals surface area contributed by atoms with Crippen LogP contribution in [0.5, 0.6) is 0 Å². The zero-order valence-corrected chi connectivity index (χ0v) is 14.5. The molecule has 21 heavy (non-hydrogen) atoms. The lowest BCUT2D eigenvalue weighted by Gasteiger charge is -2.33. The number of hydrogen-bond acceptors (Lipinski definition) is 4. The van der Waals surface area contributed by atoms with Crippen LogP contribution in [-0.4, -0.2) is 34.8 Å². The van der Waals surface area contributed by atoms with E-state index in [1.807, 2.05) is 11.8 Å². The van der Waals surface area contributed by atoms with E-state index in [0.29, 0.717) is 31.3 Å². The van der Waals surface area contributed by atoms with Gasteiger partial charge in [0.05, 0.1) is 13.0 Å². The number of allylic oxidation sites excluding steroid dienone is 1. The van der Waals surface area contributed by atoms with E-state index in [9.17, 15) is 4.79 Å². The van der Waals surface area contributed by atoms with Crippen molar-refractivity contribution in [2.45, 2.75) is 57.6 Å². The summed E-state index contributed by atoms with van der Waals surface area (Å²) in [4.78, 5) is 11.6. The Morgan fingerprint density at radius 3 is 2.81 bits per heavy atom. The Kier molecular flexibility index (Phi) is 8.42. The maximum atomic E-state index is 11.6. The van der Waals surface area contributed by atoms with Crippen molar-refractivity contribution in [2.75, 3.05) is 19.0 Å².